The Morgan fingerprint density at radius 3 is 2.57 bits per heavy atom. The van der Waals surface area contributed by atoms with Crippen LogP contribution >= 0.6 is 11.6 Å². The lowest BCUT2D eigenvalue weighted by Crippen LogP contribution is -2.28. The molecule has 2 aromatic rings. The maximum absolute atomic E-state index is 12.5. The monoisotopic (exact) mass is 330 g/mol. The van der Waals surface area contributed by atoms with E-state index in [2.05, 4.69) is 5.32 Å². The number of benzene rings is 2. The number of hydrogen-bond donors (Lipinski definition) is 1. The molecule has 2 aromatic carbocycles. The summed E-state index contributed by atoms with van der Waals surface area (Å²) in [5, 5.41) is 12.5. The van der Waals surface area contributed by atoms with Gasteiger partial charge in [0.25, 0.3) is 5.91 Å². The van der Waals surface area contributed by atoms with Gasteiger partial charge in [0.05, 0.1) is 25.9 Å². The van der Waals surface area contributed by atoms with Crippen LogP contribution in [0.5, 0.6) is 11.5 Å². The quantitative estimate of drug-likeness (QED) is 0.912. The van der Waals surface area contributed by atoms with Crippen LogP contribution in [0.3, 0.4) is 0 Å². The molecule has 1 unspecified atom stereocenters. The van der Waals surface area contributed by atoms with Gasteiger partial charge < -0.3 is 14.8 Å². The zero-order chi connectivity index (χ0) is 16.8. The average molecular weight is 331 g/mol. The third-order valence-corrected chi connectivity index (χ3v) is 3.47. The summed E-state index contributed by atoms with van der Waals surface area (Å²) in [6.45, 7) is 0. The van der Waals surface area contributed by atoms with Gasteiger partial charge in [0, 0.05) is 5.02 Å². The van der Waals surface area contributed by atoms with E-state index >= 15 is 0 Å². The lowest BCUT2D eigenvalue weighted by Gasteiger charge is -2.15. The Hall–Kier alpha value is -2.71. The summed E-state index contributed by atoms with van der Waals surface area (Å²) in [4.78, 5) is 12.5. The van der Waals surface area contributed by atoms with Gasteiger partial charge in [-0.2, -0.15) is 5.26 Å². The van der Waals surface area contributed by atoms with Crippen molar-refractivity contribution in [1.82, 2.24) is 5.32 Å². The van der Waals surface area contributed by atoms with Gasteiger partial charge in [-0.3, -0.25) is 4.79 Å². The summed E-state index contributed by atoms with van der Waals surface area (Å²) in [5.41, 5.74) is 0.893. The zero-order valence-corrected chi connectivity index (χ0v) is 13.4. The molecule has 0 aliphatic rings. The smallest absolute Gasteiger partial charge is 0.256 e. The number of ether oxygens (including phenoxy) is 2. The number of nitrogens with zero attached hydrogens (tertiary/aromatic N) is 1. The van der Waals surface area contributed by atoms with Gasteiger partial charge in [0.2, 0.25) is 0 Å². The van der Waals surface area contributed by atoms with Crippen LogP contribution in [0.2, 0.25) is 5.02 Å². The van der Waals surface area contributed by atoms with Crippen LogP contribution in [0.4, 0.5) is 0 Å². The molecular formula is C17H15ClN2O3. The fourth-order valence-corrected chi connectivity index (χ4v) is 2.35. The Kier molecular flexibility index (Phi) is 5.45. The highest BCUT2D eigenvalue weighted by Crippen LogP contribution is 2.31. The second-order valence-corrected chi connectivity index (χ2v) is 5.07. The fraction of sp³-hybridized carbons (Fsp3) is 0.176. The van der Waals surface area contributed by atoms with Gasteiger partial charge in [0.15, 0.2) is 11.5 Å². The van der Waals surface area contributed by atoms with E-state index in [0.717, 1.165) is 0 Å². The predicted molar refractivity (Wildman–Crippen MR) is 86.8 cm³/mol. The third kappa shape index (κ3) is 3.74. The summed E-state index contributed by atoms with van der Waals surface area (Å²) < 4.78 is 10.4. The topological polar surface area (TPSA) is 71.3 Å². The Balaban J connectivity index is 2.29. The van der Waals surface area contributed by atoms with Crippen LogP contribution in [0.1, 0.15) is 22.0 Å². The van der Waals surface area contributed by atoms with Crippen molar-refractivity contribution in [2.75, 3.05) is 14.2 Å². The zero-order valence-electron chi connectivity index (χ0n) is 12.7. The standard InChI is InChI=1S/C17H15ClN2O3/c1-22-15-8-4-7-13(16(15)23-2)17(21)20-14(10-19)11-5-3-6-12(18)9-11/h3-9,14H,1-2H3,(H,20,21). The van der Waals surface area contributed by atoms with E-state index in [4.69, 9.17) is 21.1 Å². The van der Waals surface area contributed by atoms with E-state index in [1.807, 2.05) is 6.07 Å². The number of hydrogen-bond acceptors (Lipinski definition) is 4. The molecule has 1 atom stereocenters. The largest absolute Gasteiger partial charge is 0.493 e. The van der Waals surface area contributed by atoms with E-state index in [1.165, 1.54) is 14.2 Å². The number of amides is 1. The fourth-order valence-electron chi connectivity index (χ4n) is 2.15. The molecule has 0 spiro atoms. The van der Waals surface area contributed by atoms with Crippen LogP contribution in [-0.4, -0.2) is 20.1 Å². The van der Waals surface area contributed by atoms with Crippen LogP contribution in [0, 0.1) is 11.3 Å². The molecule has 0 saturated carbocycles. The second-order valence-electron chi connectivity index (χ2n) is 4.63. The number of carbonyl (C=O) groups is 1. The number of rotatable bonds is 5. The Morgan fingerprint density at radius 1 is 1.22 bits per heavy atom. The maximum atomic E-state index is 12.5. The number of carbonyl (C=O) groups excluding carboxylic acids is 1. The molecule has 0 saturated heterocycles. The van der Waals surface area contributed by atoms with Crippen LogP contribution in [0.15, 0.2) is 42.5 Å². The lowest BCUT2D eigenvalue weighted by molar-refractivity contribution is 0.0941. The molecule has 0 bridgehead atoms. The van der Waals surface area contributed by atoms with Crippen molar-refractivity contribution in [2.24, 2.45) is 0 Å². The van der Waals surface area contributed by atoms with E-state index in [1.54, 1.807) is 42.5 Å². The molecule has 6 heteroatoms. The third-order valence-electron chi connectivity index (χ3n) is 3.23. The molecular weight excluding hydrogens is 316 g/mol. The van der Waals surface area contributed by atoms with Gasteiger partial charge >= 0.3 is 0 Å². The first-order chi connectivity index (χ1) is 11.1. The number of nitriles is 1. The molecule has 0 heterocycles. The van der Waals surface area contributed by atoms with Crippen LogP contribution in [-0.2, 0) is 0 Å². The average Bonchev–Trinajstić information content (AvgIpc) is 2.58. The molecule has 0 aromatic heterocycles. The SMILES string of the molecule is COc1cccc(C(=O)NC(C#N)c2cccc(Cl)c2)c1OC. The van der Waals surface area contributed by atoms with Gasteiger partial charge in [-0.05, 0) is 29.8 Å². The molecule has 1 N–H and O–H groups in total. The van der Waals surface area contributed by atoms with Crippen molar-refractivity contribution in [2.45, 2.75) is 6.04 Å². The van der Waals surface area contributed by atoms with Crippen molar-refractivity contribution >= 4 is 17.5 Å². The molecule has 5 nitrogen and oxygen atoms in total. The number of methoxy groups -OCH3 is 2. The van der Waals surface area contributed by atoms with Gasteiger partial charge in [-0.1, -0.05) is 29.8 Å². The molecule has 1 amide bonds. The molecule has 0 fully saturated rings. The number of halogens is 1. The van der Waals surface area contributed by atoms with Gasteiger partial charge in [-0.25, -0.2) is 0 Å². The van der Waals surface area contributed by atoms with E-state index in [9.17, 15) is 10.1 Å². The first-order valence-corrected chi connectivity index (χ1v) is 7.15. The highest BCUT2D eigenvalue weighted by molar-refractivity contribution is 6.30. The normalized spacial score (nSPS) is 11.2. The minimum Gasteiger partial charge on any atom is -0.493 e. The molecule has 23 heavy (non-hydrogen) atoms. The summed E-state index contributed by atoms with van der Waals surface area (Å²) in [6.07, 6.45) is 0. The first-order valence-electron chi connectivity index (χ1n) is 6.77. The first kappa shape index (κ1) is 16.7. The number of nitrogens with one attached hydrogen (secondary N) is 1. The van der Waals surface area contributed by atoms with Crippen molar-refractivity contribution < 1.29 is 14.3 Å². The van der Waals surface area contributed by atoms with Gasteiger partial charge in [-0.15, -0.1) is 0 Å². The Morgan fingerprint density at radius 2 is 1.96 bits per heavy atom. The summed E-state index contributed by atoms with van der Waals surface area (Å²) in [6, 6.07) is 13.0. The van der Waals surface area contributed by atoms with E-state index in [-0.39, 0.29) is 5.56 Å². The highest BCUT2D eigenvalue weighted by atomic mass is 35.5. The van der Waals surface area contributed by atoms with E-state index in [0.29, 0.717) is 22.1 Å². The molecule has 0 aliphatic carbocycles. The summed E-state index contributed by atoms with van der Waals surface area (Å²) in [5.74, 6) is 0.318. The van der Waals surface area contributed by atoms with E-state index < -0.39 is 11.9 Å². The summed E-state index contributed by atoms with van der Waals surface area (Å²) in [7, 11) is 2.94. The van der Waals surface area contributed by atoms with Crippen molar-refractivity contribution in [3.05, 3.63) is 58.6 Å². The van der Waals surface area contributed by atoms with Crippen molar-refractivity contribution in [1.29, 1.82) is 5.26 Å². The molecule has 118 valence electrons. The minimum atomic E-state index is -0.822. The Labute approximate surface area is 139 Å². The number of para-hydroxylation sites is 1. The predicted octanol–water partition coefficient (Wildman–Crippen LogP) is 3.35. The van der Waals surface area contributed by atoms with Gasteiger partial charge in [0.1, 0.15) is 6.04 Å². The van der Waals surface area contributed by atoms with Crippen molar-refractivity contribution in [3.63, 3.8) is 0 Å². The Bertz CT molecular complexity index is 756. The van der Waals surface area contributed by atoms with Crippen molar-refractivity contribution in [3.8, 4) is 17.6 Å². The van der Waals surface area contributed by atoms with Crippen LogP contribution < -0.4 is 14.8 Å². The summed E-state index contributed by atoms with van der Waals surface area (Å²) >= 11 is 5.93. The van der Waals surface area contributed by atoms with Crippen LogP contribution in [0.25, 0.3) is 0 Å². The molecule has 0 radical (unpaired) electrons. The maximum Gasteiger partial charge on any atom is 0.256 e. The lowest BCUT2D eigenvalue weighted by atomic mass is 10.1. The minimum absolute atomic E-state index is 0.286. The highest BCUT2D eigenvalue weighted by Gasteiger charge is 2.20. The molecule has 2 rings (SSSR count). The molecule has 0 aliphatic heterocycles. The second kappa shape index (κ2) is 7.52.